The molecule has 1 heterocycles. The summed E-state index contributed by atoms with van der Waals surface area (Å²) in [5, 5.41) is 0. The highest BCUT2D eigenvalue weighted by Gasteiger charge is 2.11. The number of ether oxygens (including phenoxy) is 1. The van der Waals surface area contributed by atoms with E-state index in [0.29, 0.717) is 6.61 Å². The Bertz CT molecular complexity index is 479. The molecule has 3 N–H and O–H groups in total. The highest BCUT2D eigenvalue weighted by Crippen LogP contribution is 2.13. The molecular weight excluding hydrogens is 206 g/mol. The molecule has 0 saturated heterocycles. The summed E-state index contributed by atoms with van der Waals surface area (Å²) in [5.74, 6) is -0.350. The fraction of sp³-hybridized carbons (Fsp3) is 0.0909. The van der Waals surface area contributed by atoms with Crippen molar-refractivity contribution >= 4 is 5.91 Å². The van der Waals surface area contributed by atoms with Crippen molar-refractivity contribution in [3.05, 3.63) is 47.9 Å². The summed E-state index contributed by atoms with van der Waals surface area (Å²) in [7, 11) is 0. The van der Waals surface area contributed by atoms with Crippen molar-refractivity contribution < 1.29 is 9.53 Å². The van der Waals surface area contributed by atoms with Gasteiger partial charge < -0.3 is 15.5 Å². The number of carbonyl (C=O) groups is 1. The van der Waals surface area contributed by atoms with Gasteiger partial charge in [-0.1, -0.05) is 30.3 Å². The number of hydrogen-bond acceptors (Lipinski definition) is 3. The van der Waals surface area contributed by atoms with Gasteiger partial charge in [0.05, 0.1) is 6.33 Å². The highest BCUT2D eigenvalue weighted by atomic mass is 16.5. The molecule has 0 aliphatic rings. The lowest BCUT2D eigenvalue weighted by Gasteiger charge is -2.03. The second-order valence-electron chi connectivity index (χ2n) is 3.22. The van der Waals surface area contributed by atoms with Crippen molar-refractivity contribution in [2.75, 3.05) is 0 Å². The Morgan fingerprint density at radius 3 is 2.81 bits per heavy atom. The first-order valence-electron chi connectivity index (χ1n) is 4.77. The normalized spacial score (nSPS) is 10.0. The number of H-pyrrole nitrogens is 1. The highest BCUT2D eigenvalue weighted by molar-refractivity contribution is 5.92. The van der Waals surface area contributed by atoms with Crippen LogP contribution in [0.2, 0.25) is 0 Å². The van der Waals surface area contributed by atoms with Gasteiger partial charge in [-0.15, -0.1) is 0 Å². The molecule has 1 aromatic carbocycles. The Balaban J connectivity index is 2.05. The van der Waals surface area contributed by atoms with Crippen LogP contribution in [0.5, 0.6) is 5.88 Å². The quantitative estimate of drug-likeness (QED) is 0.804. The number of carbonyl (C=O) groups excluding carboxylic acids is 1. The number of aromatic amines is 1. The molecule has 1 aromatic heterocycles. The maximum absolute atomic E-state index is 11.0. The van der Waals surface area contributed by atoms with Crippen molar-refractivity contribution in [2.45, 2.75) is 6.61 Å². The number of nitrogens with two attached hydrogens (primary N) is 1. The summed E-state index contributed by atoms with van der Waals surface area (Å²) in [5.41, 5.74) is 6.33. The van der Waals surface area contributed by atoms with E-state index in [-0.39, 0.29) is 11.6 Å². The molecule has 0 fully saturated rings. The van der Waals surface area contributed by atoms with Gasteiger partial charge in [-0.25, -0.2) is 4.98 Å². The molecule has 5 nitrogen and oxygen atoms in total. The molecule has 0 unspecified atom stereocenters. The third-order valence-corrected chi connectivity index (χ3v) is 2.07. The summed E-state index contributed by atoms with van der Waals surface area (Å²) in [6.07, 6.45) is 1.38. The van der Waals surface area contributed by atoms with Crippen LogP contribution in [0.1, 0.15) is 16.1 Å². The summed E-state index contributed by atoms with van der Waals surface area (Å²) in [4.78, 5) is 17.5. The van der Waals surface area contributed by atoms with Crippen molar-refractivity contribution in [1.82, 2.24) is 9.97 Å². The predicted molar refractivity (Wildman–Crippen MR) is 57.9 cm³/mol. The average Bonchev–Trinajstić information content (AvgIpc) is 2.76. The van der Waals surface area contributed by atoms with E-state index in [4.69, 9.17) is 10.5 Å². The largest absolute Gasteiger partial charge is 0.471 e. The molecule has 0 saturated carbocycles. The lowest BCUT2D eigenvalue weighted by Crippen LogP contribution is -2.13. The number of aromatic nitrogens is 2. The van der Waals surface area contributed by atoms with E-state index in [1.165, 1.54) is 6.33 Å². The van der Waals surface area contributed by atoms with Crippen LogP contribution in [0.25, 0.3) is 0 Å². The van der Waals surface area contributed by atoms with Gasteiger partial charge in [0.1, 0.15) is 6.61 Å². The van der Waals surface area contributed by atoms with E-state index in [2.05, 4.69) is 9.97 Å². The zero-order chi connectivity index (χ0) is 11.4. The molecule has 0 radical (unpaired) electrons. The van der Waals surface area contributed by atoms with Crippen molar-refractivity contribution in [1.29, 1.82) is 0 Å². The topological polar surface area (TPSA) is 81.0 Å². The summed E-state index contributed by atoms with van der Waals surface area (Å²) in [6.45, 7) is 0.353. The molecule has 16 heavy (non-hydrogen) atoms. The minimum Gasteiger partial charge on any atom is -0.471 e. The van der Waals surface area contributed by atoms with E-state index in [9.17, 15) is 4.79 Å². The van der Waals surface area contributed by atoms with Crippen molar-refractivity contribution in [3.63, 3.8) is 0 Å². The van der Waals surface area contributed by atoms with Gasteiger partial charge in [-0.3, -0.25) is 4.79 Å². The van der Waals surface area contributed by atoms with E-state index < -0.39 is 5.91 Å². The second kappa shape index (κ2) is 4.48. The van der Waals surface area contributed by atoms with Crippen LogP contribution >= 0.6 is 0 Å². The Morgan fingerprint density at radius 1 is 1.38 bits per heavy atom. The minimum absolute atomic E-state index is 0.191. The van der Waals surface area contributed by atoms with Gasteiger partial charge in [0.25, 0.3) is 5.91 Å². The first-order valence-corrected chi connectivity index (χ1v) is 4.77. The zero-order valence-corrected chi connectivity index (χ0v) is 8.51. The van der Waals surface area contributed by atoms with Gasteiger partial charge in [0, 0.05) is 0 Å². The average molecular weight is 217 g/mol. The van der Waals surface area contributed by atoms with E-state index in [0.717, 1.165) is 5.56 Å². The molecule has 2 aromatic rings. The SMILES string of the molecule is NC(=O)c1[nH]cnc1OCc1ccccc1. The Morgan fingerprint density at radius 2 is 2.12 bits per heavy atom. The van der Waals surface area contributed by atoms with E-state index >= 15 is 0 Å². The molecule has 0 aliphatic carbocycles. The van der Waals surface area contributed by atoms with Crippen LogP contribution in [0.4, 0.5) is 0 Å². The summed E-state index contributed by atoms with van der Waals surface area (Å²) < 4.78 is 5.38. The Hall–Kier alpha value is -2.30. The number of rotatable bonds is 4. The monoisotopic (exact) mass is 217 g/mol. The lowest BCUT2D eigenvalue weighted by molar-refractivity contribution is 0.0991. The lowest BCUT2D eigenvalue weighted by atomic mass is 10.2. The van der Waals surface area contributed by atoms with Crippen molar-refractivity contribution in [3.8, 4) is 5.88 Å². The number of primary amides is 1. The molecule has 0 spiro atoms. The number of nitrogens with one attached hydrogen (secondary N) is 1. The first kappa shape index (κ1) is 10.2. The van der Waals surface area contributed by atoms with Gasteiger partial charge in [-0.2, -0.15) is 0 Å². The van der Waals surface area contributed by atoms with Crippen LogP contribution in [0.15, 0.2) is 36.7 Å². The number of nitrogens with zero attached hydrogens (tertiary/aromatic N) is 1. The zero-order valence-electron chi connectivity index (χ0n) is 8.51. The smallest absolute Gasteiger partial charge is 0.270 e. The van der Waals surface area contributed by atoms with Gasteiger partial charge in [0.2, 0.25) is 5.88 Å². The second-order valence-corrected chi connectivity index (χ2v) is 3.22. The van der Waals surface area contributed by atoms with Crippen LogP contribution in [0.3, 0.4) is 0 Å². The Labute approximate surface area is 92.3 Å². The number of hydrogen-bond donors (Lipinski definition) is 2. The molecule has 2 rings (SSSR count). The van der Waals surface area contributed by atoms with E-state index in [1.807, 2.05) is 30.3 Å². The molecular formula is C11H11N3O2. The van der Waals surface area contributed by atoms with Crippen LogP contribution in [0, 0.1) is 0 Å². The molecule has 82 valence electrons. The van der Waals surface area contributed by atoms with Gasteiger partial charge in [-0.05, 0) is 5.56 Å². The maximum atomic E-state index is 11.0. The summed E-state index contributed by atoms with van der Waals surface area (Å²) in [6, 6.07) is 9.61. The third kappa shape index (κ3) is 2.20. The molecule has 0 bridgehead atoms. The fourth-order valence-electron chi connectivity index (χ4n) is 1.29. The van der Waals surface area contributed by atoms with Crippen LogP contribution in [-0.2, 0) is 6.61 Å². The van der Waals surface area contributed by atoms with Crippen LogP contribution < -0.4 is 10.5 Å². The molecule has 0 atom stereocenters. The van der Waals surface area contributed by atoms with Crippen molar-refractivity contribution in [2.24, 2.45) is 5.73 Å². The first-order chi connectivity index (χ1) is 7.77. The maximum Gasteiger partial charge on any atom is 0.270 e. The molecule has 5 heteroatoms. The van der Waals surface area contributed by atoms with Gasteiger partial charge in [0.15, 0.2) is 5.69 Å². The third-order valence-electron chi connectivity index (χ3n) is 2.07. The standard InChI is InChI=1S/C11H11N3O2/c12-10(15)9-11(14-7-13-9)16-6-8-4-2-1-3-5-8/h1-5,7H,6H2,(H2,12,15)(H,13,14). The number of imidazole rings is 1. The molecule has 0 aliphatic heterocycles. The fourth-order valence-corrected chi connectivity index (χ4v) is 1.29. The number of benzene rings is 1. The minimum atomic E-state index is -0.583. The van der Waals surface area contributed by atoms with Crippen LogP contribution in [-0.4, -0.2) is 15.9 Å². The predicted octanol–water partition coefficient (Wildman–Crippen LogP) is 1.09. The van der Waals surface area contributed by atoms with Gasteiger partial charge >= 0.3 is 0 Å². The number of amides is 1. The van der Waals surface area contributed by atoms with E-state index in [1.54, 1.807) is 0 Å². The Kier molecular flexibility index (Phi) is 2.86. The summed E-state index contributed by atoms with van der Waals surface area (Å²) >= 11 is 0. The molecule has 1 amide bonds.